The predicted molar refractivity (Wildman–Crippen MR) is 133 cm³/mol. The van der Waals surface area contributed by atoms with Crippen LogP contribution < -0.4 is 10.1 Å². The molecule has 7 heteroatoms. The van der Waals surface area contributed by atoms with Gasteiger partial charge in [-0.15, -0.1) is 0 Å². The van der Waals surface area contributed by atoms with E-state index >= 15 is 0 Å². The third-order valence-electron chi connectivity index (χ3n) is 6.07. The maximum Gasteiger partial charge on any atom is 0.167 e. The SMILES string of the molecule is C=C1/C=C(Nc2ccc(F)cc2F)\C=C/CC(=O)c2cccc(OCCN3CCOCC3)c2CC1. The Morgan fingerprint density at radius 2 is 1.94 bits per heavy atom. The van der Waals surface area contributed by atoms with Gasteiger partial charge in [0, 0.05) is 48.9 Å². The van der Waals surface area contributed by atoms with Crippen LogP contribution in [0.15, 0.2) is 72.5 Å². The molecule has 0 atom stereocenters. The molecule has 0 saturated carbocycles. The number of ether oxygens (including phenoxy) is 2. The predicted octanol–water partition coefficient (Wildman–Crippen LogP) is 5.30. The minimum Gasteiger partial charge on any atom is -0.492 e. The van der Waals surface area contributed by atoms with Crippen LogP contribution in [0.2, 0.25) is 0 Å². The molecule has 4 rings (SSSR count). The minimum atomic E-state index is -0.693. The number of fused-ring (bicyclic) bond motifs is 1. The van der Waals surface area contributed by atoms with Crippen molar-refractivity contribution in [3.63, 3.8) is 0 Å². The zero-order valence-electron chi connectivity index (χ0n) is 19.7. The average Bonchev–Trinajstić information content (AvgIpc) is 2.87. The Labute approximate surface area is 204 Å². The van der Waals surface area contributed by atoms with E-state index in [1.807, 2.05) is 24.3 Å². The lowest BCUT2D eigenvalue weighted by atomic mass is 9.95. The second-order valence-corrected chi connectivity index (χ2v) is 8.62. The van der Waals surface area contributed by atoms with Crippen LogP contribution in [0, 0.1) is 11.6 Å². The van der Waals surface area contributed by atoms with E-state index in [4.69, 9.17) is 9.47 Å². The lowest BCUT2D eigenvalue weighted by Crippen LogP contribution is -2.38. The number of rotatable bonds is 6. The number of Topliss-reactive ketones (excluding diaryl/α,β-unsaturated/α-hetero) is 1. The van der Waals surface area contributed by atoms with Crippen LogP contribution >= 0.6 is 0 Å². The van der Waals surface area contributed by atoms with Crippen molar-refractivity contribution in [3.8, 4) is 5.75 Å². The van der Waals surface area contributed by atoms with E-state index in [1.54, 1.807) is 12.2 Å². The fourth-order valence-electron chi connectivity index (χ4n) is 4.18. The van der Waals surface area contributed by atoms with Crippen molar-refractivity contribution in [3.05, 3.63) is 95.2 Å². The molecule has 2 aromatic carbocycles. The highest BCUT2D eigenvalue weighted by molar-refractivity contribution is 5.99. The number of benzene rings is 2. The highest BCUT2D eigenvalue weighted by Crippen LogP contribution is 2.28. The molecule has 0 bridgehead atoms. The number of allylic oxidation sites excluding steroid dienone is 4. The molecule has 0 amide bonds. The quantitative estimate of drug-likeness (QED) is 0.608. The molecule has 0 aromatic heterocycles. The standard InChI is InChI=1S/C28H30F2N2O3/c1-20-8-10-24-23(5-3-7-28(24)35-17-14-32-12-15-34-16-13-32)27(33)6-2-4-22(18-20)31-26-11-9-21(29)19-25(26)30/h2-5,7,9,11,18-19,31H,1,6,8,10,12-17H2/b4-2-,22-18+. The van der Waals surface area contributed by atoms with Crippen LogP contribution in [0.5, 0.6) is 5.75 Å². The Morgan fingerprint density at radius 1 is 1.11 bits per heavy atom. The molecule has 35 heavy (non-hydrogen) atoms. The Kier molecular flexibility index (Phi) is 8.45. The normalized spacial score (nSPS) is 19.8. The van der Waals surface area contributed by atoms with Gasteiger partial charge in [-0.3, -0.25) is 9.69 Å². The fraction of sp³-hybridized carbons (Fsp3) is 0.321. The van der Waals surface area contributed by atoms with Crippen molar-refractivity contribution in [1.82, 2.24) is 4.90 Å². The number of halogens is 2. The third kappa shape index (κ3) is 6.87. The number of nitrogens with zero attached hydrogens (tertiary/aromatic N) is 1. The molecule has 0 unspecified atom stereocenters. The summed E-state index contributed by atoms with van der Waals surface area (Å²) in [5.74, 6) is -0.636. The number of anilines is 1. The maximum absolute atomic E-state index is 14.1. The molecule has 184 valence electrons. The molecule has 2 aromatic rings. The van der Waals surface area contributed by atoms with Crippen LogP contribution in [-0.2, 0) is 11.2 Å². The van der Waals surface area contributed by atoms with E-state index in [-0.39, 0.29) is 17.9 Å². The van der Waals surface area contributed by atoms with Gasteiger partial charge in [-0.05, 0) is 43.2 Å². The summed E-state index contributed by atoms with van der Waals surface area (Å²) in [5, 5.41) is 2.97. The summed E-state index contributed by atoms with van der Waals surface area (Å²) in [5.41, 5.74) is 3.05. The number of hydrogen-bond acceptors (Lipinski definition) is 5. The molecule has 1 heterocycles. The third-order valence-corrected chi connectivity index (χ3v) is 6.07. The van der Waals surface area contributed by atoms with Crippen LogP contribution in [0.3, 0.4) is 0 Å². The first-order valence-electron chi connectivity index (χ1n) is 11.9. The molecule has 1 N–H and O–H groups in total. The van der Waals surface area contributed by atoms with E-state index in [2.05, 4.69) is 16.8 Å². The second-order valence-electron chi connectivity index (χ2n) is 8.62. The smallest absolute Gasteiger partial charge is 0.167 e. The topological polar surface area (TPSA) is 50.8 Å². The van der Waals surface area contributed by atoms with Crippen LogP contribution in [0.25, 0.3) is 0 Å². The molecular formula is C28H30F2N2O3. The van der Waals surface area contributed by atoms with E-state index < -0.39 is 11.6 Å². The van der Waals surface area contributed by atoms with Crippen molar-refractivity contribution in [1.29, 1.82) is 0 Å². The first-order valence-corrected chi connectivity index (χ1v) is 11.9. The Bertz CT molecular complexity index is 1140. The molecule has 5 nitrogen and oxygen atoms in total. The summed E-state index contributed by atoms with van der Waals surface area (Å²) < 4.78 is 38.9. The van der Waals surface area contributed by atoms with Crippen LogP contribution in [-0.4, -0.2) is 50.1 Å². The highest BCUT2D eigenvalue weighted by atomic mass is 19.1. The summed E-state index contributed by atoms with van der Waals surface area (Å²) in [6, 6.07) is 8.95. The molecule has 0 spiro atoms. The van der Waals surface area contributed by atoms with Crippen molar-refractivity contribution in [2.24, 2.45) is 0 Å². The lowest BCUT2D eigenvalue weighted by Gasteiger charge is -2.26. The monoisotopic (exact) mass is 480 g/mol. The average molecular weight is 481 g/mol. The van der Waals surface area contributed by atoms with Gasteiger partial charge < -0.3 is 14.8 Å². The van der Waals surface area contributed by atoms with Gasteiger partial charge in [0.25, 0.3) is 0 Å². The van der Waals surface area contributed by atoms with E-state index in [0.29, 0.717) is 30.7 Å². The number of carbonyl (C=O) groups excluding carboxylic acids is 1. The number of ketones is 1. The molecule has 2 aliphatic rings. The number of nitrogens with one attached hydrogen (secondary N) is 1. The fourth-order valence-corrected chi connectivity index (χ4v) is 4.18. The highest BCUT2D eigenvalue weighted by Gasteiger charge is 2.17. The number of morpholine rings is 1. The summed E-state index contributed by atoms with van der Waals surface area (Å²) in [6.07, 6.45) is 6.63. The van der Waals surface area contributed by atoms with Gasteiger partial charge in [0.1, 0.15) is 24.0 Å². The van der Waals surface area contributed by atoms with Gasteiger partial charge >= 0.3 is 0 Å². The van der Waals surface area contributed by atoms with Crippen LogP contribution in [0.1, 0.15) is 28.8 Å². The zero-order chi connectivity index (χ0) is 24.6. The first kappa shape index (κ1) is 24.8. The van der Waals surface area contributed by atoms with E-state index in [9.17, 15) is 13.6 Å². The van der Waals surface area contributed by atoms with Crippen molar-refractivity contribution < 1.29 is 23.0 Å². The molecule has 0 radical (unpaired) electrons. The molecule has 1 saturated heterocycles. The van der Waals surface area contributed by atoms with Crippen molar-refractivity contribution >= 4 is 11.5 Å². The largest absolute Gasteiger partial charge is 0.492 e. The van der Waals surface area contributed by atoms with Gasteiger partial charge in [-0.2, -0.15) is 0 Å². The zero-order valence-corrected chi connectivity index (χ0v) is 19.7. The minimum absolute atomic E-state index is 0.0188. The van der Waals surface area contributed by atoms with Gasteiger partial charge in [-0.1, -0.05) is 30.4 Å². The number of hydrogen-bond donors (Lipinski definition) is 1. The van der Waals surface area contributed by atoms with Gasteiger partial charge in [0.2, 0.25) is 0 Å². The van der Waals surface area contributed by atoms with E-state index in [0.717, 1.165) is 55.8 Å². The van der Waals surface area contributed by atoms with Crippen molar-refractivity contribution in [2.45, 2.75) is 19.3 Å². The summed E-state index contributed by atoms with van der Waals surface area (Å²) in [4.78, 5) is 15.4. The summed E-state index contributed by atoms with van der Waals surface area (Å²) >= 11 is 0. The van der Waals surface area contributed by atoms with Crippen LogP contribution in [0.4, 0.5) is 14.5 Å². The Hall–Kier alpha value is -3.29. The number of carbonyl (C=O) groups is 1. The lowest BCUT2D eigenvalue weighted by molar-refractivity contribution is 0.0322. The van der Waals surface area contributed by atoms with E-state index in [1.165, 1.54) is 12.1 Å². The molecular weight excluding hydrogens is 450 g/mol. The van der Waals surface area contributed by atoms with Gasteiger partial charge in [-0.25, -0.2) is 8.78 Å². The first-order chi connectivity index (χ1) is 17.0. The van der Waals surface area contributed by atoms with Gasteiger partial charge in [0.15, 0.2) is 5.78 Å². The van der Waals surface area contributed by atoms with Crippen molar-refractivity contribution in [2.75, 3.05) is 44.8 Å². The summed E-state index contributed by atoms with van der Waals surface area (Å²) in [7, 11) is 0. The maximum atomic E-state index is 14.1. The Balaban J connectivity index is 1.49. The molecule has 1 fully saturated rings. The molecule has 1 aliphatic heterocycles. The molecule has 1 aliphatic carbocycles. The second kappa shape index (κ2) is 11.9. The Morgan fingerprint density at radius 3 is 2.74 bits per heavy atom. The summed E-state index contributed by atoms with van der Waals surface area (Å²) in [6.45, 7) is 8.74. The van der Waals surface area contributed by atoms with Gasteiger partial charge in [0.05, 0.1) is 18.9 Å².